The topological polar surface area (TPSA) is 257 Å². The van der Waals surface area contributed by atoms with E-state index in [9.17, 15) is 10.2 Å². The van der Waals surface area contributed by atoms with Crippen molar-refractivity contribution in [1.29, 1.82) is 0 Å². The molecule has 2 aliphatic heterocycles. The normalized spacial score (nSPS) is 38.6. The highest BCUT2D eigenvalue weighted by molar-refractivity contribution is 7.81. The van der Waals surface area contributed by atoms with Crippen LogP contribution in [0.25, 0.3) is 0 Å². The first-order valence-electron chi connectivity index (χ1n) is 12.9. The molecule has 0 amide bonds. The van der Waals surface area contributed by atoms with Gasteiger partial charge in [0.1, 0.15) is 60.8 Å². The number of aromatic nitrogens is 4. The van der Waals surface area contributed by atoms with Gasteiger partial charge in [-0.15, -0.1) is 12.6 Å². The number of nitrogens with two attached hydrogens (primary N) is 4. The molecule has 2 aromatic rings. The smallest absolute Gasteiger partial charge is 0.188 e. The summed E-state index contributed by atoms with van der Waals surface area (Å²) >= 11 is 4.62. The Kier molecular flexibility index (Phi) is 7.67. The van der Waals surface area contributed by atoms with E-state index in [-0.39, 0.29) is 6.61 Å². The predicted octanol–water partition coefficient (Wildman–Crippen LogP) is -3.08. The van der Waals surface area contributed by atoms with Gasteiger partial charge in [-0.3, -0.25) is 0 Å². The molecule has 0 aromatic carbocycles. The fourth-order valence-corrected chi connectivity index (χ4v) is 5.90. The van der Waals surface area contributed by atoms with Crippen LogP contribution in [0.4, 0.5) is 11.6 Å². The zero-order valence-electron chi connectivity index (χ0n) is 21.7. The Bertz CT molecular complexity index is 1350. The van der Waals surface area contributed by atoms with Crippen LogP contribution in [0.1, 0.15) is 22.5 Å². The van der Waals surface area contributed by atoms with Crippen LogP contribution in [0.3, 0.4) is 0 Å². The van der Waals surface area contributed by atoms with Gasteiger partial charge in [0, 0.05) is 13.1 Å². The number of aliphatic hydroxyl groups is 2. The lowest BCUT2D eigenvalue weighted by Gasteiger charge is -2.20. The maximum absolute atomic E-state index is 9.95. The summed E-state index contributed by atoms with van der Waals surface area (Å²) in [6, 6.07) is -1.45. The molecule has 6 rings (SSSR count). The molecule has 222 valence electrons. The van der Waals surface area contributed by atoms with E-state index in [2.05, 4.69) is 52.4 Å². The Morgan fingerprint density at radius 1 is 0.902 bits per heavy atom. The maximum Gasteiger partial charge on any atom is 0.188 e. The van der Waals surface area contributed by atoms with Crippen molar-refractivity contribution in [3.05, 3.63) is 47.3 Å². The van der Waals surface area contributed by atoms with Gasteiger partial charge in [-0.25, -0.2) is 19.9 Å². The largest absolute Gasteiger partial charge is 0.387 e. The first kappa shape index (κ1) is 29.0. The van der Waals surface area contributed by atoms with Gasteiger partial charge in [0.15, 0.2) is 16.6 Å². The van der Waals surface area contributed by atoms with Crippen molar-refractivity contribution in [3.8, 4) is 0 Å². The third kappa shape index (κ3) is 5.09. The third-order valence-electron chi connectivity index (χ3n) is 7.48. The van der Waals surface area contributed by atoms with Gasteiger partial charge in [-0.05, 0) is 0 Å². The summed E-state index contributed by atoms with van der Waals surface area (Å²) in [5.41, 5.74) is 26.2. The fraction of sp³-hybridized carbons (Fsp3) is 0.565. The molecule has 18 heteroatoms. The van der Waals surface area contributed by atoms with Crippen LogP contribution in [-0.2, 0) is 29.2 Å². The van der Waals surface area contributed by atoms with E-state index >= 15 is 0 Å². The summed E-state index contributed by atoms with van der Waals surface area (Å²) < 4.78 is 22.9. The van der Waals surface area contributed by atoms with Crippen molar-refractivity contribution in [1.82, 2.24) is 19.9 Å². The number of rotatable bonds is 11. The Morgan fingerprint density at radius 3 is 2.07 bits per heavy atom. The predicted molar refractivity (Wildman–Crippen MR) is 151 cm³/mol. The molecule has 2 aromatic heterocycles. The molecule has 0 radical (unpaired) electrons. The summed E-state index contributed by atoms with van der Waals surface area (Å²) in [7, 11) is 2.65. The first-order chi connectivity index (χ1) is 19.6. The maximum atomic E-state index is 9.95. The molecule has 2 aliphatic carbocycles. The van der Waals surface area contributed by atoms with Crippen molar-refractivity contribution < 1.29 is 29.2 Å². The zero-order chi connectivity index (χ0) is 29.1. The second-order valence-electron chi connectivity index (χ2n) is 10.2. The van der Waals surface area contributed by atoms with Crippen LogP contribution in [0.15, 0.2) is 24.8 Å². The summed E-state index contributed by atoms with van der Waals surface area (Å²) in [6.07, 6.45) is 1.49. The van der Waals surface area contributed by atoms with Gasteiger partial charge in [0.05, 0.1) is 35.5 Å². The summed E-state index contributed by atoms with van der Waals surface area (Å²) in [6.45, 7) is 1.09. The summed E-state index contributed by atoms with van der Waals surface area (Å²) in [5, 5.41) is 25.6. The van der Waals surface area contributed by atoms with Crippen molar-refractivity contribution in [3.63, 3.8) is 0 Å². The highest BCUT2D eigenvalue weighted by Crippen LogP contribution is 2.58. The number of ether oxygens (including phenoxy) is 4. The van der Waals surface area contributed by atoms with Crippen LogP contribution < -0.4 is 33.6 Å². The molecule has 0 saturated carbocycles. The molecule has 4 unspecified atom stereocenters. The number of fused-ring (bicyclic) bond motifs is 2. The number of anilines is 2. The number of hydrogen-bond acceptors (Lipinski definition) is 17. The van der Waals surface area contributed by atoms with Gasteiger partial charge in [-0.1, -0.05) is 21.4 Å². The SMILES string of the molecule is N[C@H]1[C@@H](O)[C@H](N)O[C@@H]1COC1(P)c2ncnc(NC/C=C/CNc3ncnc4c3C4(S)OC3O[C@@H](N)[C@H](O)[C@@H]3N)c21. The molecule has 2 saturated heterocycles. The van der Waals surface area contributed by atoms with E-state index in [0.29, 0.717) is 36.0 Å². The second-order valence-corrected chi connectivity index (χ2v) is 11.6. The first-order valence-corrected chi connectivity index (χ1v) is 14.0. The number of thiol groups is 1. The van der Waals surface area contributed by atoms with Crippen molar-refractivity contribution in [2.24, 2.45) is 22.9 Å². The van der Waals surface area contributed by atoms with Gasteiger partial charge in [-0.2, -0.15) is 0 Å². The Hall–Kier alpha value is -2.12. The molecule has 41 heavy (non-hydrogen) atoms. The Labute approximate surface area is 242 Å². The van der Waals surface area contributed by atoms with Crippen LogP contribution in [0.5, 0.6) is 0 Å². The van der Waals surface area contributed by atoms with Crippen molar-refractivity contribution in [2.75, 3.05) is 30.3 Å². The van der Waals surface area contributed by atoms with Crippen LogP contribution >= 0.6 is 21.9 Å². The summed E-state index contributed by atoms with van der Waals surface area (Å²) in [4.78, 5) is 16.0. The number of nitrogens with one attached hydrogen (secondary N) is 2. The minimum atomic E-state index is -1.14. The van der Waals surface area contributed by atoms with Crippen LogP contribution in [-0.4, -0.2) is 99.0 Å². The lowest BCUT2D eigenvalue weighted by Crippen LogP contribution is -2.43. The lowest BCUT2D eigenvalue weighted by atomic mass is 10.1. The third-order valence-corrected chi connectivity index (χ3v) is 8.75. The van der Waals surface area contributed by atoms with E-state index in [1.165, 1.54) is 12.7 Å². The van der Waals surface area contributed by atoms with Crippen LogP contribution in [0.2, 0.25) is 0 Å². The Morgan fingerprint density at radius 2 is 1.49 bits per heavy atom. The standard InChI is InChI=1S/C23H33N10O6PS/c24-11-8(37-17(26)13(11)34)5-36-22(40)9-15(22)30-6-32-19(9)28-3-1-2-4-29-20-10-16(31-7-33-20)23(10,41)39-21-12(25)14(35)18(27)38-21/h1-2,6-8,11-14,17-18,21,34-35,41H,3-5,24-27,40H2,(H,28,30,32)(H,29,31,33)/b2-1+/t8-,11-,12+,13-,14-,17-,18-,21?,22?,23?/m1/s1. The molecule has 4 heterocycles. The summed E-state index contributed by atoms with van der Waals surface area (Å²) in [5.74, 6) is 1.20. The van der Waals surface area contributed by atoms with Gasteiger partial charge in [0.2, 0.25) is 0 Å². The molecule has 0 spiro atoms. The number of hydrogen-bond donors (Lipinski definition) is 9. The van der Waals surface area contributed by atoms with E-state index < -0.39 is 59.4 Å². The van der Waals surface area contributed by atoms with Gasteiger partial charge >= 0.3 is 0 Å². The average molecular weight is 609 g/mol. The van der Waals surface area contributed by atoms with Crippen molar-refractivity contribution in [2.45, 2.75) is 59.4 Å². The number of nitrogens with zero attached hydrogens (tertiary/aromatic N) is 4. The van der Waals surface area contributed by atoms with E-state index in [1.807, 2.05) is 12.2 Å². The van der Waals surface area contributed by atoms with E-state index in [0.717, 1.165) is 11.3 Å². The van der Waals surface area contributed by atoms with Crippen molar-refractivity contribution >= 4 is 33.5 Å². The molecule has 2 fully saturated rings. The quantitative estimate of drug-likeness (QED) is 0.0530. The molecule has 0 bridgehead atoms. The number of aliphatic hydroxyl groups excluding tert-OH is 2. The lowest BCUT2D eigenvalue weighted by molar-refractivity contribution is -0.158. The molecule has 4 aliphatic rings. The van der Waals surface area contributed by atoms with E-state index in [4.69, 9.17) is 41.9 Å². The average Bonchev–Trinajstić information content (AvgIpc) is 3.71. The Balaban J connectivity index is 0.981. The molecular weight excluding hydrogens is 575 g/mol. The second kappa shape index (κ2) is 10.9. The molecule has 12 N–H and O–H groups in total. The fourth-order valence-electron chi connectivity index (χ4n) is 4.96. The molecule has 16 nitrogen and oxygen atoms in total. The highest BCUT2D eigenvalue weighted by Gasteiger charge is 2.58. The minimum absolute atomic E-state index is 0.137. The van der Waals surface area contributed by atoms with Gasteiger partial charge < -0.3 is 62.7 Å². The molecular formula is C23H33N10O6PS. The van der Waals surface area contributed by atoms with E-state index in [1.54, 1.807) is 0 Å². The monoisotopic (exact) mass is 608 g/mol. The van der Waals surface area contributed by atoms with Gasteiger partial charge in [0.25, 0.3) is 0 Å². The molecule has 11 atom stereocenters. The minimum Gasteiger partial charge on any atom is -0.387 e. The zero-order valence-corrected chi connectivity index (χ0v) is 23.7. The van der Waals surface area contributed by atoms with Crippen LogP contribution in [0, 0.1) is 0 Å². The highest BCUT2D eigenvalue weighted by atomic mass is 32.1.